The van der Waals surface area contributed by atoms with Crippen molar-refractivity contribution in [1.29, 1.82) is 0 Å². The van der Waals surface area contributed by atoms with Gasteiger partial charge < -0.3 is 23.0 Å². The van der Waals surface area contributed by atoms with E-state index in [1.54, 1.807) is 0 Å². The van der Waals surface area contributed by atoms with E-state index in [0.717, 1.165) is 83.3 Å². The van der Waals surface area contributed by atoms with Crippen LogP contribution < -0.4 is 42.3 Å². The molecule has 0 amide bonds. The van der Waals surface area contributed by atoms with Gasteiger partial charge in [-0.05, 0) is 83.1 Å². The van der Waals surface area contributed by atoms with Crippen LogP contribution in [0, 0.1) is 0 Å². The Bertz CT molecular complexity index is 4110. The summed E-state index contributed by atoms with van der Waals surface area (Å²) in [6, 6.07) is 78.3. The molecule has 0 atom stereocenters. The highest BCUT2D eigenvalue weighted by atomic mass is 16.5. The summed E-state index contributed by atoms with van der Waals surface area (Å²) >= 11 is 0. The van der Waals surface area contributed by atoms with Crippen molar-refractivity contribution < 1.29 is 13.9 Å². The normalized spacial score (nSPS) is 13.0. The molecule has 5 heterocycles. The van der Waals surface area contributed by atoms with E-state index in [-0.39, 0.29) is 13.4 Å². The molecule has 2 aliphatic heterocycles. The van der Waals surface area contributed by atoms with Gasteiger partial charge in [-0.1, -0.05) is 163 Å². The fourth-order valence-corrected chi connectivity index (χ4v) is 11.6. The van der Waals surface area contributed by atoms with E-state index < -0.39 is 0 Å². The van der Waals surface area contributed by atoms with Crippen LogP contribution in [0.4, 0.5) is 0 Å². The lowest BCUT2D eigenvalue weighted by Crippen LogP contribution is -2.60. The Morgan fingerprint density at radius 1 is 0.343 bits per heavy atom. The summed E-state index contributed by atoms with van der Waals surface area (Å²) < 4.78 is 26.4. The molecule has 0 radical (unpaired) electrons. The minimum absolute atomic E-state index is 0.219. The highest BCUT2D eigenvalue weighted by Crippen LogP contribution is 2.43. The first-order valence-electron chi connectivity index (χ1n) is 23.0. The minimum Gasteiger partial charge on any atom is -0.459 e. The summed E-state index contributed by atoms with van der Waals surface area (Å²) in [7, 11) is 0. The summed E-state index contributed by atoms with van der Waals surface area (Å²) in [4.78, 5) is 0. The van der Waals surface area contributed by atoms with Gasteiger partial charge in [0.2, 0.25) is 0 Å². The van der Waals surface area contributed by atoms with Crippen LogP contribution in [-0.2, 0) is 0 Å². The molecule has 310 valence electrons. The average molecular weight is 855 g/mol. The van der Waals surface area contributed by atoms with Crippen LogP contribution in [0.2, 0.25) is 0 Å². The zero-order valence-corrected chi connectivity index (χ0v) is 36.1. The number of nitrogens with zero attached hydrogens (tertiary/aromatic N) is 2. The zero-order valence-electron chi connectivity index (χ0n) is 36.1. The van der Waals surface area contributed by atoms with E-state index in [2.05, 4.69) is 221 Å². The van der Waals surface area contributed by atoms with Crippen LogP contribution in [0.15, 0.2) is 223 Å². The number of hydrogen-bond donors (Lipinski definition) is 0. The largest absolute Gasteiger partial charge is 0.459 e. The second-order valence-corrected chi connectivity index (χ2v) is 17.9. The maximum atomic E-state index is 7.42. The molecule has 0 unspecified atom stereocenters. The summed E-state index contributed by atoms with van der Waals surface area (Å²) in [5, 5.41) is 6.95. The van der Waals surface area contributed by atoms with Gasteiger partial charge in [-0.25, -0.2) is 0 Å². The fourth-order valence-electron chi connectivity index (χ4n) is 11.6. The maximum Gasteiger partial charge on any atom is 0.256 e. The third-order valence-electron chi connectivity index (χ3n) is 14.3. The molecule has 10 aromatic carbocycles. The van der Waals surface area contributed by atoms with Crippen molar-refractivity contribution >= 4 is 112 Å². The second kappa shape index (κ2) is 13.9. The van der Waals surface area contributed by atoms with E-state index in [1.807, 2.05) is 6.07 Å². The summed E-state index contributed by atoms with van der Waals surface area (Å²) in [5.41, 5.74) is 14.9. The van der Waals surface area contributed by atoms with Gasteiger partial charge in [-0.3, -0.25) is 0 Å². The van der Waals surface area contributed by atoms with Crippen molar-refractivity contribution in [2.45, 2.75) is 0 Å². The molecule has 7 heteroatoms. The lowest BCUT2D eigenvalue weighted by atomic mass is 9.31. The Hall–Kier alpha value is -8.67. The summed E-state index contributed by atoms with van der Waals surface area (Å²) in [6.07, 6.45) is 0. The smallest absolute Gasteiger partial charge is 0.256 e. The predicted octanol–water partition coefficient (Wildman–Crippen LogP) is 11.0. The molecule has 3 aromatic heterocycles. The zero-order chi connectivity index (χ0) is 43.7. The van der Waals surface area contributed by atoms with E-state index in [4.69, 9.17) is 13.9 Å². The van der Waals surface area contributed by atoms with Crippen molar-refractivity contribution in [2.75, 3.05) is 0 Å². The SMILES string of the molecule is c1cc(B2c3ccccc3Oc3c2c2c(c4c3oc3ccccc34)B(c3cccc(-n4c5ccccc5c5ccccc54)c3)c3ccccc3O2)cc(-n2c3ccccc3c3ccccc32)c1. The van der Waals surface area contributed by atoms with Crippen molar-refractivity contribution in [3.05, 3.63) is 218 Å². The lowest BCUT2D eigenvalue weighted by molar-refractivity contribution is 0.466. The number of furan rings is 1. The monoisotopic (exact) mass is 854 g/mol. The molecule has 0 N–H and O–H groups in total. The van der Waals surface area contributed by atoms with Gasteiger partial charge in [0.05, 0.1) is 22.1 Å². The Balaban J connectivity index is 1.02. The van der Waals surface area contributed by atoms with E-state index in [0.29, 0.717) is 5.75 Å². The number of aromatic nitrogens is 2. The van der Waals surface area contributed by atoms with Crippen molar-refractivity contribution in [1.82, 2.24) is 9.13 Å². The molecule has 2 aliphatic rings. The number of hydrogen-bond acceptors (Lipinski definition) is 3. The van der Waals surface area contributed by atoms with Crippen molar-refractivity contribution in [3.8, 4) is 34.4 Å². The van der Waals surface area contributed by atoms with Crippen LogP contribution in [0.1, 0.15) is 0 Å². The molecular formula is C60H36B2N2O3. The Morgan fingerprint density at radius 2 is 0.761 bits per heavy atom. The van der Waals surface area contributed by atoms with E-state index in [9.17, 15) is 0 Å². The molecule has 0 saturated carbocycles. The molecule has 0 fully saturated rings. The molecule has 67 heavy (non-hydrogen) atoms. The van der Waals surface area contributed by atoms with Crippen LogP contribution in [0.3, 0.4) is 0 Å². The second-order valence-electron chi connectivity index (χ2n) is 17.9. The first-order chi connectivity index (χ1) is 33.3. The number of fused-ring (bicyclic) bond motifs is 16. The topological polar surface area (TPSA) is 41.5 Å². The number of benzene rings is 10. The quantitative estimate of drug-likeness (QED) is 0.166. The molecular weight excluding hydrogens is 818 g/mol. The highest BCUT2D eigenvalue weighted by molar-refractivity contribution is 7.01. The van der Waals surface area contributed by atoms with Gasteiger partial charge in [0, 0.05) is 49.2 Å². The molecule has 0 saturated heterocycles. The van der Waals surface area contributed by atoms with Gasteiger partial charge in [0.25, 0.3) is 13.4 Å². The standard InChI is InChI=1S/C60H36B2N2O3/c1-8-28-48-41(21-1)42-22-2-9-29-49(42)63(48)39-19-15-17-37(35-39)61-46-26-6-13-33-53(46)66-59-56(61)55-45-25-5-12-32-52(45)65-58(55)60-57(59)62(47-27-7-14-34-54(47)67-60)38-18-16-20-40(36-38)64-50-30-10-3-23-43(50)44-24-4-11-31-51(44)64/h1-36H. The van der Waals surface area contributed by atoms with E-state index in [1.165, 1.54) is 43.6 Å². The Kier molecular flexibility index (Phi) is 7.61. The highest BCUT2D eigenvalue weighted by Gasteiger charge is 2.45. The van der Waals surface area contributed by atoms with Gasteiger partial charge >= 0.3 is 0 Å². The third-order valence-corrected chi connectivity index (χ3v) is 14.3. The van der Waals surface area contributed by atoms with Crippen LogP contribution >= 0.6 is 0 Å². The first kappa shape index (κ1) is 36.6. The summed E-state index contributed by atoms with van der Waals surface area (Å²) in [6.45, 7) is -0.488. The van der Waals surface area contributed by atoms with Crippen LogP contribution in [0.5, 0.6) is 23.0 Å². The lowest BCUT2D eigenvalue weighted by Gasteiger charge is -2.34. The Morgan fingerprint density at radius 3 is 1.28 bits per heavy atom. The molecule has 0 bridgehead atoms. The average Bonchev–Trinajstić information content (AvgIpc) is 4.06. The van der Waals surface area contributed by atoms with Gasteiger partial charge in [-0.2, -0.15) is 0 Å². The number of ether oxygens (including phenoxy) is 2. The van der Waals surface area contributed by atoms with Crippen molar-refractivity contribution in [3.63, 3.8) is 0 Å². The third kappa shape index (κ3) is 5.17. The molecule has 13 aromatic rings. The number of rotatable bonds is 4. The summed E-state index contributed by atoms with van der Waals surface area (Å²) in [5.74, 6) is 3.12. The molecule has 0 spiro atoms. The minimum atomic E-state index is -0.269. The van der Waals surface area contributed by atoms with E-state index >= 15 is 0 Å². The number of para-hydroxylation sites is 7. The van der Waals surface area contributed by atoms with Crippen LogP contribution in [0.25, 0.3) is 76.9 Å². The first-order valence-corrected chi connectivity index (χ1v) is 23.0. The molecule has 5 nitrogen and oxygen atoms in total. The van der Waals surface area contributed by atoms with Crippen molar-refractivity contribution in [2.24, 2.45) is 0 Å². The molecule has 15 rings (SSSR count). The predicted molar refractivity (Wildman–Crippen MR) is 278 cm³/mol. The maximum absolute atomic E-state index is 7.42. The van der Waals surface area contributed by atoms with Gasteiger partial charge in [0.15, 0.2) is 11.3 Å². The Labute approximate surface area is 385 Å². The molecule has 0 aliphatic carbocycles. The van der Waals surface area contributed by atoms with Gasteiger partial charge in [-0.15, -0.1) is 0 Å². The fraction of sp³-hybridized carbons (Fsp3) is 0. The van der Waals surface area contributed by atoms with Gasteiger partial charge in [0.1, 0.15) is 22.8 Å². The van der Waals surface area contributed by atoms with Crippen LogP contribution in [-0.4, -0.2) is 22.6 Å².